The summed E-state index contributed by atoms with van der Waals surface area (Å²) in [4.78, 5) is 16.2. The summed E-state index contributed by atoms with van der Waals surface area (Å²) in [5, 5.41) is 7.20. The maximum absolute atomic E-state index is 13.0. The van der Waals surface area contributed by atoms with Crippen LogP contribution in [0.1, 0.15) is 50.9 Å². The minimum atomic E-state index is -1.15. The number of rotatable bonds is 3. The molecular weight excluding hydrogens is 525 g/mol. The van der Waals surface area contributed by atoms with Gasteiger partial charge in [-0.15, -0.1) is 0 Å². The molecule has 5 rings (SSSR count). The zero-order chi connectivity index (χ0) is 21.8. The third-order valence-electron chi connectivity index (χ3n) is 6.44. The molecule has 8 nitrogen and oxygen atoms in total. The fraction of sp³-hybridized carbons (Fsp3) is 0.524. The molecule has 2 N–H and O–H groups in total. The number of piperidine rings is 1. The van der Waals surface area contributed by atoms with E-state index < -0.39 is 11.0 Å². The number of hydrogen-bond acceptors (Lipinski definition) is 6. The number of H-pyrrole nitrogens is 1. The van der Waals surface area contributed by atoms with Crippen molar-refractivity contribution in [3.63, 3.8) is 0 Å². The number of anilines is 1. The van der Waals surface area contributed by atoms with Gasteiger partial charge >= 0.3 is 0 Å². The lowest BCUT2D eigenvalue weighted by atomic mass is 9.73. The molecule has 3 aromatic heterocycles. The third kappa shape index (κ3) is 3.76. The SMILES string of the molecule is CC(C)(C)[S@@](=O)N[C@@H]1c2cccnc2CC12CCN(c1cnc3c(I)[nH]nc3n1)CC2. The zero-order valence-corrected chi connectivity index (χ0v) is 20.8. The predicted molar refractivity (Wildman–Crippen MR) is 130 cm³/mol. The summed E-state index contributed by atoms with van der Waals surface area (Å²) in [5.41, 5.74) is 3.80. The molecule has 0 amide bonds. The number of pyridine rings is 1. The molecule has 1 saturated heterocycles. The highest BCUT2D eigenvalue weighted by molar-refractivity contribution is 14.1. The highest BCUT2D eigenvalue weighted by atomic mass is 127. The quantitative estimate of drug-likeness (QED) is 0.485. The van der Waals surface area contributed by atoms with Crippen LogP contribution in [-0.4, -0.2) is 47.2 Å². The van der Waals surface area contributed by atoms with Gasteiger partial charge in [-0.05, 0) is 79.7 Å². The lowest BCUT2D eigenvalue weighted by Crippen LogP contribution is -2.48. The summed E-state index contributed by atoms with van der Waals surface area (Å²) in [6.07, 6.45) is 6.56. The summed E-state index contributed by atoms with van der Waals surface area (Å²) in [5.74, 6) is 0.863. The van der Waals surface area contributed by atoms with E-state index in [1.54, 1.807) is 0 Å². The van der Waals surface area contributed by atoms with Crippen molar-refractivity contribution >= 4 is 50.6 Å². The molecule has 2 atom stereocenters. The van der Waals surface area contributed by atoms with Crippen molar-refractivity contribution in [2.24, 2.45) is 5.41 Å². The van der Waals surface area contributed by atoms with Gasteiger partial charge in [0.2, 0.25) is 5.65 Å². The van der Waals surface area contributed by atoms with Gasteiger partial charge in [-0.25, -0.2) is 18.9 Å². The third-order valence-corrected chi connectivity index (χ3v) is 8.76. The second-order valence-electron chi connectivity index (χ2n) is 9.44. The fourth-order valence-electron chi connectivity index (χ4n) is 4.66. The number of aromatic nitrogens is 5. The number of nitrogens with zero attached hydrogens (tertiary/aromatic N) is 5. The lowest BCUT2D eigenvalue weighted by Gasteiger charge is -2.44. The normalized spacial score (nSPS) is 21.5. The van der Waals surface area contributed by atoms with Gasteiger partial charge in [-0.1, -0.05) is 6.07 Å². The van der Waals surface area contributed by atoms with Crippen LogP contribution in [0.4, 0.5) is 5.82 Å². The molecule has 10 heteroatoms. The van der Waals surface area contributed by atoms with E-state index in [1.807, 2.05) is 39.2 Å². The molecular formula is C21H26IN7OS. The van der Waals surface area contributed by atoms with E-state index in [0.29, 0.717) is 5.65 Å². The van der Waals surface area contributed by atoms with Gasteiger partial charge in [0.25, 0.3) is 0 Å². The predicted octanol–water partition coefficient (Wildman–Crippen LogP) is 3.29. The Kier molecular flexibility index (Phi) is 5.29. The van der Waals surface area contributed by atoms with Crippen LogP contribution >= 0.6 is 22.6 Å². The maximum atomic E-state index is 13.0. The molecule has 31 heavy (non-hydrogen) atoms. The molecule has 0 saturated carbocycles. The van der Waals surface area contributed by atoms with Crippen LogP contribution in [0.25, 0.3) is 11.2 Å². The molecule has 4 heterocycles. The number of aromatic amines is 1. The minimum absolute atomic E-state index is 0.00728. The van der Waals surface area contributed by atoms with Crippen LogP contribution < -0.4 is 9.62 Å². The topological polar surface area (TPSA) is 99.7 Å². The first-order valence-corrected chi connectivity index (χ1v) is 12.7. The summed E-state index contributed by atoms with van der Waals surface area (Å²) in [6.45, 7) is 7.77. The Hall–Kier alpha value is -1.66. The molecule has 0 unspecified atom stereocenters. The van der Waals surface area contributed by atoms with Crippen LogP contribution in [0.3, 0.4) is 0 Å². The monoisotopic (exact) mass is 551 g/mol. The van der Waals surface area contributed by atoms with Gasteiger partial charge in [-0.2, -0.15) is 5.10 Å². The first kappa shape index (κ1) is 21.2. The van der Waals surface area contributed by atoms with E-state index in [4.69, 9.17) is 4.98 Å². The number of nitrogens with one attached hydrogen (secondary N) is 2. The van der Waals surface area contributed by atoms with Crippen LogP contribution in [0.2, 0.25) is 0 Å². The number of hydrogen-bond donors (Lipinski definition) is 2. The summed E-state index contributed by atoms with van der Waals surface area (Å²) >= 11 is 2.19. The van der Waals surface area contributed by atoms with E-state index in [0.717, 1.165) is 53.1 Å². The number of fused-ring (bicyclic) bond motifs is 2. The molecule has 1 spiro atoms. The molecule has 164 valence electrons. The average molecular weight is 551 g/mol. The van der Waals surface area contributed by atoms with Gasteiger partial charge in [-0.3, -0.25) is 10.1 Å². The standard InChI is InChI=1S/C21H26IN7OS/c1-20(2,3)31(30)28-17-13-5-4-8-23-14(13)11-21(17)6-9-29(10-7-21)15-12-24-16-18(22)26-27-19(16)25-15/h4-5,8,12,17,28H,6-7,9-11H2,1-3H3,(H,25,26,27)/t17-,31-/m1/s1. The van der Waals surface area contributed by atoms with Crippen molar-refractivity contribution in [1.29, 1.82) is 0 Å². The minimum Gasteiger partial charge on any atom is -0.355 e. The Bertz CT molecular complexity index is 1150. The van der Waals surface area contributed by atoms with Gasteiger partial charge in [0, 0.05) is 25.0 Å². The van der Waals surface area contributed by atoms with Crippen molar-refractivity contribution in [2.45, 2.75) is 50.8 Å². The molecule has 3 aromatic rings. The Balaban J connectivity index is 1.39. The summed E-state index contributed by atoms with van der Waals surface area (Å²) in [7, 11) is -1.15. The van der Waals surface area contributed by atoms with E-state index in [9.17, 15) is 4.21 Å². The van der Waals surface area contributed by atoms with E-state index in [-0.39, 0.29) is 16.2 Å². The fourth-order valence-corrected chi connectivity index (χ4v) is 6.10. The highest BCUT2D eigenvalue weighted by Gasteiger charge is 2.49. The van der Waals surface area contributed by atoms with E-state index >= 15 is 0 Å². The van der Waals surface area contributed by atoms with E-state index in [2.05, 4.69) is 58.4 Å². The van der Waals surface area contributed by atoms with Crippen molar-refractivity contribution in [3.05, 3.63) is 39.5 Å². The highest BCUT2D eigenvalue weighted by Crippen LogP contribution is 2.52. The molecule has 0 bridgehead atoms. The second kappa shape index (κ2) is 7.73. The lowest BCUT2D eigenvalue weighted by molar-refractivity contribution is 0.176. The first-order valence-electron chi connectivity index (χ1n) is 10.5. The summed E-state index contributed by atoms with van der Waals surface area (Å²) < 4.78 is 17.1. The first-order chi connectivity index (χ1) is 14.8. The Labute approximate surface area is 197 Å². The summed E-state index contributed by atoms with van der Waals surface area (Å²) in [6, 6.07) is 4.16. The Morgan fingerprint density at radius 2 is 2.06 bits per heavy atom. The molecule has 0 radical (unpaired) electrons. The van der Waals surface area contributed by atoms with Crippen molar-refractivity contribution < 1.29 is 4.21 Å². The molecule has 1 aliphatic heterocycles. The van der Waals surface area contributed by atoms with Crippen molar-refractivity contribution in [3.8, 4) is 0 Å². The van der Waals surface area contributed by atoms with Gasteiger partial charge < -0.3 is 4.90 Å². The average Bonchev–Trinajstić information content (AvgIpc) is 3.26. The smallest absolute Gasteiger partial charge is 0.202 e. The largest absolute Gasteiger partial charge is 0.355 e. The number of halogens is 1. The van der Waals surface area contributed by atoms with Gasteiger partial charge in [0.1, 0.15) is 15.0 Å². The molecule has 1 aliphatic carbocycles. The van der Waals surface area contributed by atoms with Gasteiger partial charge in [0.05, 0.1) is 28.0 Å². The Morgan fingerprint density at radius 3 is 2.81 bits per heavy atom. The Morgan fingerprint density at radius 1 is 1.29 bits per heavy atom. The second-order valence-corrected chi connectivity index (χ2v) is 12.5. The van der Waals surface area contributed by atoms with Crippen molar-refractivity contribution in [1.82, 2.24) is 29.9 Å². The van der Waals surface area contributed by atoms with Crippen molar-refractivity contribution in [2.75, 3.05) is 18.0 Å². The van der Waals surface area contributed by atoms with Crippen LogP contribution in [-0.2, 0) is 17.4 Å². The maximum Gasteiger partial charge on any atom is 0.202 e. The van der Waals surface area contributed by atoms with Crippen LogP contribution in [0.15, 0.2) is 24.5 Å². The molecule has 2 aliphatic rings. The van der Waals surface area contributed by atoms with Crippen LogP contribution in [0.5, 0.6) is 0 Å². The van der Waals surface area contributed by atoms with E-state index in [1.165, 1.54) is 5.56 Å². The molecule has 0 aromatic carbocycles. The van der Waals surface area contributed by atoms with Gasteiger partial charge in [0.15, 0.2) is 0 Å². The molecule has 1 fully saturated rings. The zero-order valence-electron chi connectivity index (χ0n) is 17.9. The van der Waals surface area contributed by atoms with Crippen LogP contribution in [0, 0.1) is 9.12 Å².